The van der Waals surface area contributed by atoms with Crippen LogP contribution in [0.3, 0.4) is 0 Å². The quantitative estimate of drug-likeness (QED) is 0.259. The third-order valence-corrected chi connectivity index (χ3v) is 3.46. The van der Waals surface area contributed by atoms with E-state index in [1.165, 1.54) is 0 Å². The number of nitrogens with zero attached hydrogens (tertiary/aromatic N) is 2. The van der Waals surface area contributed by atoms with E-state index in [9.17, 15) is 4.79 Å². The molecule has 0 fully saturated rings. The number of benzene rings is 1. The second kappa shape index (κ2) is 11.9. The molecule has 0 aliphatic rings. The minimum atomic E-state index is -0.508. The fourth-order valence-electron chi connectivity index (χ4n) is 2.25. The number of carbonyl (C=O) groups excluding carboxylic acids is 1. The monoisotopic (exact) mass is 492 g/mol. The highest BCUT2D eigenvalue weighted by atomic mass is 127. The van der Waals surface area contributed by atoms with Crippen LogP contribution in [0.25, 0.3) is 0 Å². The molecule has 0 unspecified atom stereocenters. The Morgan fingerprint density at radius 2 is 1.93 bits per heavy atom. The van der Waals surface area contributed by atoms with Gasteiger partial charge in [0.05, 0.1) is 12.8 Å². The van der Waals surface area contributed by atoms with Gasteiger partial charge in [0.1, 0.15) is 11.4 Å². The SMILES string of the molecule is COc1ccccc1NC(N)=NCCCN(C(=O)OC(C)(C)C)C(C)C.I. The Bertz CT molecular complexity index is 615. The third kappa shape index (κ3) is 9.69. The molecule has 27 heavy (non-hydrogen) atoms. The van der Waals surface area contributed by atoms with Crippen LogP contribution in [-0.2, 0) is 4.74 Å². The molecule has 1 aromatic carbocycles. The maximum atomic E-state index is 12.3. The Morgan fingerprint density at radius 3 is 2.48 bits per heavy atom. The maximum absolute atomic E-state index is 12.3. The number of anilines is 1. The summed E-state index contributed by atoms with van der Waals surface area (Å²) in [5.74, 6) is 1.00. The Balaban J connectivity index is 0.00000676. The number of hydrogen-bond donors (Lipinski definition) is 2. The zero-order valence-corrected chi connectivity index (χ0v) is 19.4. The highest BCUT2D eigenvalue weighted by Gasteiger charge is 2.23. The van der Waals surface area contributed by atoms with Gasteiger partial charge in [-0.05, 0) is 53.2 Å². The van der Waals surface area contributed by atoms with E-state index >= 15 is 0 Å². The van der Waals surface area contributed by atoms with Gasteiger partial charge < -0.3 is 25.4 Å². The van der Waals surface area contributed by atoms with Crippen LogP contribution < -0.4 is 15.8 Å². The summed E-state index contributed by atoms with van der Waals surface area (Å²) in [5, 5.41) is 3.02. The first-order chi connectivity index (χ1) is 12.1. The van der Waals surface area contributed by atoms with Gasteiger partial charge >= 0.3 is 6.09 Å². The predicted octanol–water partition coefficient (Wildman–Crippen LogP) is 4.08. The normalized spacial score (nSPS) is 11.6. The molecular weight excluding hydrogens is 459 g/mol. The molecule has 0 heterocycles. The molecule has 8 heteroatoms. The van der Waals surface area contributed by atoms with E-state index in [0.29, 0.717) is 31.2 Å². The highest BCUT2D eigenvalue weighted by Crippen LogP contribution is 2.22. The van der Waals surface area contributed by atoms with Gasteiger partial charge in [0.15, 0.2) is 5.96 Å². The first-order valence-corrected chi connectivity index (χ1v) is 8.83. The lowest BCUT2D eigenvalue weighted by Crippen LogP contribution is -2.41. The standard InChI is InChI=1S/C19H32N4O3.HI/c1-14(2)23(18(24)26-19(3,4)5)13-9-12-21-17(20)22-15-10-7-8-11-16(15)25-6;/h7-8,10-11,14H,9,12-13H2,1-6H3,(H3,20,21,22);1H. The number of amides is 1. The molecule has 0 bridgehead atoms. The number of hydrogen-bond acceptors (Lipinski definition) is 4. The lowest BCUT2D eigenvalue weighted by atomic mass is 10.2. The van der Waals surface area contributed by atoms with Crippen molar-refractivity contribution in [3.8, 4) is 5.75 Å². The van der Waals surface area contributed by atoms with E-state index in [-0.39, 0.29) is 36.1 Å². The summed E-state index contributed by atoms with van der Waals surface area (Å²) in [5.41, 5.74) is 6.18. The highest BCUT2D eigenvalue weighted by molar-refractivity contribution is 14.0. The minimum Gasteiger partial charge on any atom is -0.495 e. The molecular formula is C19H33IN4O3. The summed E-state index contributed by atoms with van der Waals surface area (Å²) in [6, 6.07) is 7.53. The summed E-state index contributed by atoms with van der Waals surface area (Å²) in [6.45, 7) is 10.6. The largest absolute Gasteiger partial charge is 0.495 e. The summed E-state index contributed by atoms with van der Waals surface area (Å²) >= 11 is 0. The van der Waals surface area contributed by atoms with Crippen LogP contribution in [0.1, 0.15) is 41.0 Å². The third-order valence-electron chi connectivity index (χ3n) is 3.46. The van der Waals surface area contributed by atoms with E-state index < -0.39 is 5.60 Å². The van der Waals surface area contributed by atoms with Crippen LogP contribution in [0.15, 0.2) is 29.3 Å². The van der Waals surface area contributed by atoms with Crippen molar-refractivity contribution >= 4 is 41.7 Å². The predicted molar refractivity (Wildman–Crippen MR) is 121 cm³/mol. The van der Waals surface area contributed by atoms with Crippen molar-refractivity contribution in [2.75, 3.05) is 25.5 Å². The Hall–Kier alpha value is -1.71. The van der Waals surface area contributed by atoms with Crippen LogP contribution in [0.5, 0.6) is 5.75 Å². The number of aliphatic imine (C=N–C) groups is 1. The second-order valence-electron chi connectivity index (χ2n) is 7.21. The zero-order valence-electron chi connectivity index (χ0n) is 17.1. The summed E-state index contributed by atoms with van der Waals surface area (Å²) in [7, 11) is 1.60. The Morgan fingerprint density at radius 1 is 1.30 bits per heavy atom. The van der Waals surface area contributed by atoms with Gasteiger partial charge in [-0.1, -0.05) is 12.1 Å². The molecule has 7 nitrogen and oxygen atoms in total. The molecule has 0 spiro atoms. The average Bonchev–Trinajstić information content (AvgIpc) is 2.53. The smallest absolute Gasteiger partial charge is 0.410 e. The molecule has 0 saturated carbocycles. The van der Waals surface area contributed by atoms with Crippen molar-refractivity contribution in [1.82, 2.24) is 4.90 Å². The molecule has 3 N–H and O–H groups in total. The van der Waals surface area contributed by atoms with Gasteiger partial charge in [-0.25, -0.2) is 4.79 Å². The van der Waals surface area contributed by atoms with Gasteiger partial charge in [0.2, 0.25) is 0 Å². The van der Waals surface area contributed by atoms with Gasteiger partial charge in [-0.3, -0.25) is 4.99 Å². The summed E-state index contributed by atoms with van der Waals surface area (Å²) in [6.07, 6.45) is 0.378. The fraction of sp³-hybridized carbons (Fsp3) is 0.579. The molecule has 0 aliphatic carbocycles. The number of carbonyl (C=O) groups is 1. The molecule has 154 valence electrons. The van der Waals surface area contributed by atoms with Crippen molar-refractivity contribution in [2.45, 2.75) is 52.7 Å². The number of guanidine groups is 1. The molecule has 0 aliphatic heterocycles. The Labute approximate surface area is 179 Å². The Kier molecular flexibility index (Phi) is 11.1. The molecule has 0 atom stereocenters. The van der Waals surface area contributed by atoms with Crippen LogP contribution in [0.2, 0.25) is 0 Å². The number of ether oxygens (including phenoxy) is 2. The average molecular weight is 492 g/mol. The maximum Gasteiger partial charge on any atom is 0.410 e. The van der Waals surface area contributed by atoms with Crippen LogP contribution in [-0.4, -0.2) is 48.8 Å². The summed E-state index contributed by atoms with van der Waals surface area (Å²) < 4.78 is 10.7. The first kappa shape index (κ1) is 25.3. The van der Waals surface area contributed by atoms with Crippen LogP contribution in [0, 0.1) is 0 Å². The van der Waals surface area contributed by atoms with Crippen molar-refractivity contribution in [3.05, 3.63) is 24.3 Å². The van der Waals surface area contributed by atoms with E-state index in [4.69, 9.17) is 15.2 Å². The van der Waals surface area contributed by atoms with Gasteiger partial charge in [-0.2, -0.15) is 0 Å². The number of methoxy groups -OCH3 is 1. The molecule has 0 radical (unpaired) electrons. The molecule has 1 amide bonds. The zero-order chi connectivity index (χ0) is 19.7. The van der Waals surface area contributed by atoms with E-state index in [1.54, 1.807) is 12.0 Å². The fourth-order valence-corrected chi connectivity index (χ4v) is 2.25. The minimum absolute atomic E-state index is 0. The molecule has 0 saturated heterocycles. The molecule has 1 aromatic rings. The number of para-hydroxylation sites is 2. The number of nitrogens with two attached hydrogens (primary N) is 1. The lowest BCUT2D eigenvalue weighted by Gasteiger charge is -2.30. The van der Waals surface area contributed by atoms with E-state index in [2.05, 4.69) is 10.3 Å². The van der Waals surface area contributed by atoms with Gasteiger partial charge in [0.25, 0.3) is 0 Å². The number of halogens is 1. The van der Waals surface area contributed by atoms with Crippen molar-refractivity contribution in [2.24, 2.45) is 10.7 Å². The molecule has 1 rings (SSSR count). The number of rotatable bonds is 7. The molecule has 0 aromatic heterocycles. The topological polar surface area (TPSA) is 89.2 Å². The second-order valence-corrected chi connectivity index (χ2v) is 7.21. The van der Waals surface area contributed by atoms with Crippen molar-refractivity contribution < 1.29 is 14.3 Å². The summed E-state index contributed by atoms with van der Waals surface area (Å²) in [4.78, 5) is 18.3. The lowest BCUT2D eigenvalue weighted by molar-refractivity contribution is 0.0190. The van der Waals surface area contributed by atoms with E-state index in [0.717, 1.165) is 5.69 Å². The van der Waals surface area contributed by atoms with Crippen molar-refractivity contribution in [3.63, 3.8) is 0 Å². The first-order valence-electron chi connectivity index (χ1n) is 8.83. The van der Waals surface area contributed by atoms with Crippen molar-refractivity contribution in [1.29, 1.82) is 0 Å². The van der Waals surface area contributed by atoms with E-state index in [1.807, 2.05) is 58.9 Å². The van der Waals surface area contributed by atoms with Gasteiger partial charge in [-0.15, -0.1) is 24.0 Å². The number of nitrogens with one attached hydrogen (secondary N) is 1. The van der Waals surface area contributed by atoms with Crippen LogP contribution >= 0.6 is 24.0 Å². The van der Waals surface area contributed by atoms with Gasteiger partial charge in [0, 0.05) is 19.1 Å². The van der Waals surface area contributed by atoms with Crippen LogP contribution in [0.4, 0.5) is 10.5 Å².